The first-order chi connectivity index (χ1) is 9.24. The first-order valence-electron chi connectivity index (χ1n) is 6.26. The van der Waals surface area contributed by atoms with Crippen LogP contribution in [0.4, 0.5) is 4.39 Å². The predicted molar refractivity (Wildman–Crippen MR) is 69.8 cm³/mol. The van der Waals surface area contributed by atoms with Gasteiger partial charge in [-0.1, -0.05) is 24.3 Å². The summed E-state index contributed by atoms with van der Waals surface area (Å²) in [5.74, 6) is 0.685. The number of ketones is 1. The van der Waals surface area contributed by atoms with Crippen molar-refractivity contribution in [3.8, 4) is 5.75 Å². The minimum absolute atomic E-state index is 0.183. The molecule has 1 aliphatic rings. The van der Waals surface area contributed by atoms with E-state index in [1.807, 2.05) is 18.2 Å². The van der Waals surface area contributed by atoms with Crippen molar-refractivity contribution in [2.75, 3.05) is 0 Å². The maximum Gasteiger partial charge on any atom is 0.163 e. The molecule has 3 heteroatoms. The zero-order chi connectivity index (χ0) is 13.2. The number of hydrogen-bond donors (Lipinski definition) is 0. The van der Waals surface area contributed by atoms with Gasteiger partial charge in [0.25, 0.3) is 0 Å². The van der Waals surface area contributed by atoms with Gasteiger partial charge in [-0.3, -0.25) is 4.79 Å². The molecule has 0 N–H and O–H groups in total. The molecular formula is C16H13FO2. The SMILES string of the molecule is O=C1CCc2c(OCc3ccc(F)cc3)cccc21. The lowest BCUT2D eigenvalue weighted by atomic mass is 10.1. The highest BCUT2D eigenvalue weighted by Crippen LogP contribution is 2.30. The fraction of sp³-hybridized carbons (Fsp3) is 0.188. The molecule has 0 radical (unpaired) electrons. The normalized spacial score (nSPS) is 13.4. The van der Waals surface area contributed by atoms with Crippen molar-refractivity contribution in [3.63, 3.8) is 0 Å². The van der Waals surface area contributed by atoms with Gasteiger partial charge in [0.1, 0.15) is 18.2 Å². The Balaban J connectivity index is 1.78. The first-order valence-corrected chi connectivity index (χ1v) is 6.26. The predicted octanol–water partition coefficient (Wildman–Crippen LogP) is 3.53. The number of ether oxygens (including phenoxy) is 1. The molecule has 96 valence electrons. The summed E-state index contributed by atoms with van der Waals surface area (Å²) in [4.78, 5) is 11.6. The summed E-state index contributed by atoms with van der Waals surface area (Å²) in [6, 6.07) is 11.8. The molecule has 2 aromatic carbocycles. The summed E-state index contributed by atoms with van der Waals surface area (Å²) < 4.78 is 18.5. The number of carbonyl (C=O) groups excluding carboxylic acids is 1. The van der Waals surface area contributed by atoms with Gasteiger partial charge in [0.2, 0.25) is 0 Å². The monoisotopic (exact) mass is 256 g/mol. The lowest BCUT2D eigenvalue weighted by molar-refractivity contribution is 0.0994. The van der Waals surface area contributed by atoms with Crippen LogP contribution in [0.5, 0.6) is 5.75 Å². The van der Waals surface area contributed by atoms with Crippen LogP contribution in [-0.2, 0) is 13.0 Å². The number of Topliss-reactive ketones (excluding diaryl/α,β-unsaturated/α-hetero) is 1. The van der Waals surface area contributed by atoms with Gasteiger partial charge in [-0.25, -0.2) is 4.39 Å². The number of halogens is 1. The van der Waals surface area contributed by atoms with E-state index in [4.69, 9.17) is 4.74 Å². The Kier molecular flexibility index (Phi) is 3.03. The summed E-state index contributed by atoms with van der Waals surface area (Å²) in [7, 11) is 0. The molecule has 1 aliphatic carbocycles. The molecule has 3 rings (SSSR count). The second kappa shape index (κ2) is 4.84. The zero-order valence-electron chi connectivity index (χ0n) is 10.4. The fourth-order valence-electron chi connectivity index (χ4n) is 2.33. The summed E-state index contributed by atoms with van der Waals surface area (Å²) in [6.07, 6.45) is 1.31. The Morgan fingerprint density at radius 1 is 1.05 bits per heavy atom. The molecule has 0 fully saturated rings. The quantitative estimate of drug-likeness (QED) is 0.839. The maximum atomic E-state index is 12.8. The van der Waals surface area contributed by atoms with E-state index in [9.17, 15) is 9.18 Å². The zero-order valence-corrected chi connectivity index (χ0v) is 10.4. The molecular weight excluding hydrogens is 243 g/mol. The van der Waals surface area contributed by atoms with Crippen LogP contribution in [0.15, 0.2) is 42.5 Å². The third kappa shape index (κ3) is 2.36. The van der Waals surface area contributed by atoms with Gasteiger partial charge in [0, 0.05) is 17.5 Å². The van der Waals surface area contributed by atoms with Gasteiger partial charge in [-0.05, 0) is 30.2 Å². The number of carbonyl (C=O) groups is 1. The van der Waals surface area contributed by atoms with Gasteiger partial charge in [-0.15, -0.1) is 0 Å². The van der Waals surface area contributed by atoms with E-state index in [-0.39, 0.29) is 11.6 Å². The van der Waals surface area contributed by atoms with Crippen LogP contribution in [0.25, 0.3) is 0 Å². The van der Waals surface area contributed by atoms with Crippen molar-refractivity contribution >= 4 is 5.78 Å². The Morgan fingerprint density at radius 3 is 2.63 bits per heavy atom. The van der Waals surface area contributed by atoms with Crippen LogP contribution < -0.4 is 4.74 Å². The van der Waals surface area contributed by atoms with Crippen LogP contribution in [0.3, 0.4) is 0 Å². The van der Waals surface area contributed by atoms with Crippen LogP contribution in [0.2, 0.25) is 0 Å². The van der Waals surface area contributed by atoms with E-state index < -0.39 is 0 Å². The summed E-state index contributed by atoms with van der Waals surface area (Å²) in [5, 5.41) is 0. The highest BCUT2D eigenvalue weighted by atomic mass is 19.1. The highest BCUT2D eigenvalue weighted by Gasteiger charge is 2.22. The Morgan fingerprint density at radius 2 is 1.84 bits per heavy atom. The van der Waals surface area contributed by atoms with Gasteiger partial charge >= 0.3 is 0 Å². The number of benzene rings is 2. The summed E-state index contributed by atoms with van der Waals surface area (Å²) >= 11 is 0. The average molecular weight is 256 g/mol. The van der Waals surface area contributed by atoms with E-state index in [0.29, 0.717) is 13.0 Å². The molecule has 2 nitrogen and oxygen atoms in total. The van der Waals surface area contributed by atoms with Crippen molar-refractivity contribution in [2.45, 2.75) is 19.4 Å². The smallest absolute Gasteiger partial charge is 0.163 e. The Hall–Kier alpha value is -2.16. The molecule has 0 aromatic heterocycles. The van der Waals surface area contributed by atoms with Crippen molar-refractivity contribution < 1.29 is 13.9 Å². The Bertz CT molecular complexity index is 617. The molecule has 0 spiro atoms. The molecule has 0 saturated heterocycles. The van der Waals surface area contributed by atoms with Crippen molar-refractivity contribution in [3.05, 3.63) is 65.0 Å². The first kappa shape index (κ1) is 11.9. The van der Waals surface area contributed by atoms with Gasteiger partial charge in [-0.2, -0.15) is 0 Å². The summed E-state index contributed by atoms with van der Waals surface area (Å²) in [6.45, 7) is 0.380. The minimum atomic E-state index is -0.255. The lowest BCUT2D eigenvalue weighted by Crippen LogP contribution is -1.99. The third-order valence-corrected chi connectivity index (χ3v) is 3.34. The van der Waals surface area contributed by atoms with E-state index >= 15 is 0 Å². The number of hydrogen-bond acceptors (Lipinski definition) is 2. The maximum absolute atomic E-state index is 12.8. The van der Waals surface area contributed by atoms with Gasteiger partial charge in [0.05, 0.1) is 0 Å². The third-order valence-electron chi connectivity index (χ3n) is 3.34. The van der Waals surface area contributed by atoms with Gasteiger partial charge in [0.15, 0.2) is 5.78 Å². The summed E-state index contributed by atoms with van der Waals surface area (Å²) in [5.41, 5.74) is 2.68. The molecule has 0 atom stereocenters. The molecule has 19 heavy (non-hydrogen) atoms. The van der Waals surface area contributed by atoms with Crippen molar-refractivity contribution in [1.82, 2.24) is 0 Å². The topological polar surface area (TPSA) is 26.3 Å². The van der Waals surface area contributed by atoms with Crippen LogP contribution in [-0.4, -0.2) is 5.78 Å². The number of fused-ring (bicyclic) bond motifs is 1. The largest absolute Gasteiger partial charge is 0.489 e. The molecule has 0 aliphatic heterocycles. The Labute approximate surface area is 110 Å². The molecule has 0 unspecified atom stereocenters. The van der Waals surface area contributed by atoms with E-state index in [2.05, 4.69) is 0 Å². The second-order valence-electron chi connectivity index (χ2n) is 4.62. The number of rotatable bonds is 3. The van der Waals surface area contributed by atoms with E-state index in [1.54, 1.807) is 12.1 Å². The van der Waals surface area contributed by atoms with Crippen LogP contribution >= 0.6 is 0 Å². The van der Waals surface area contributed by atoms with Crippen LogP contribution in [0, 0.1) is 5.82 Å². The molecule has 0 amide bonds. The fourth-order valence-corrected chi connectivity index (χ4v) is 2.33. The molecule has 0 bridgehead atoms. The van der Waals surface area contributed by atoms with Crippen LogP contribution in [0.1, 0.15) is 27.9 Å². The standard InChI is InChI=1S/C16H13FO2/c17-12-6-4-11(5-7-12)10-19-16-3-1-2-13-14(16)8-9-15(13)18/h1-7H,8-10H2. The van der Waals surface area contributed by atoms with E-state index in [1.165, 1.54) is 12.1 Å². The minimum Gasteiger partial charge on any atom is -0.489 e. The molecule has 0 heterocycles. The van der Waals surface area contributed by atoms with E-state index in [0.717, 1.165) is 28.9 Å². The van der Waals surface area contributed by atoms with Crippen molar-refractivity contribution in [2.24, 2.45) is 0 Å². The lowest BCUT2D eigenvalue weighted by Gasteiger charge is -2.10. The molecule has 2 aromatic rings. The van der Waals surface area contributed by atoms with Crippen molar-refractivity contribution in [1.29, 1.82) is 0 Å². The second-order valence-corrected chi connectivity index (χ2v) is 4.62. The molecule has 0 saturated carbocycles. The highest BCUT2D eigenvalue weighted by molar-refractivity contribution is 6.01. The van der Waals surface area contributed by atoms with Gasteiger partial charge < -0.3 is 4.74 Å². The average Bonchev–Trinajstić information content (AvgIpc) is 2.81.